The molecule has 0 aliphatic carbocycles. The minimum absolute atomic E-state index is 0.0870. The van der Waals surface area contributed by atoms with Gasteiger partial charge in [0.2, 0.25) is 0 Å². The molecule has 0 spiro atoms. The molecule has 0 saturated heterocycles. The first-order chi connectivity index (χ1) is 9.10. The summed E-state index contributed by atoms with van der Waals surface area (Å²) in [7, 11) is 0. The van der Waals surface area contributed by atoms with Crippen LogP contribution in [0.1, 0.15) is 22.8 Å². The van der Waals surface area contributed by atoms with Gasteiger partial charge in [0.15, 0.2) is 0 Å². The van der Waals surface area contributed by atoms with Gasteiger partial charge in [-0.1, -0.05) is 30.7 Å². The lowest BCUT2D eigenvalue weighted by atomic mass is 10.1. The molecule has 0 amide bonds. The molecule has 2 rings (SSSR count). The smallest absolute Gasteiger partial charge is 0.339 e. The van der Waals surface area contributed by atoms with Gasteiger partial charge >= 0.3 is 5.97 Å². The molecule has 0 bridgehead atoms. The van der Waals surface area contributed by atoms with Gasteiger partial charge in [-0.05, 0) is 36.2 Å². The second kappa shape index (κ2) is 5.71. The zero-order valence-corrected chi connectivity index (χ0v) is 11.1. The number of anilines is 2. The van der Waals surface area contributed by atoms with Crippen LogP contribution in [0.5, 0.6) is 0 Å². The minimum Gasteiger partial charge on any atom is -0.478 e. The van der Waals surface area contributed by atoms with Gasteiger partial charge in [0.1, 0.15) is 16.5 Å². The van der Waals surface area contributed by atoms with Crippen molar-refractivity contribution in [3.8, 4) is 0 Å². The third kappa shape index (κ3) is 3.23. The number of aromatic nitrogens is 1. The molecule has 0 aliphatic heterocycles. The number of nitrogens with one attached hydrogen (secondary N) is 1. The zero-order valence-electron chi connectivity index (χ0n) is 10.4. The number of halogens is 1. The largest absolute Gasteiger partial charge is 0.478 e. The fourth-order valence-electron chi connectivity index (χ4n) is 1.66. The Morgan fingerprint density at radius 2 is 1.95 bits per heavy atom. The number of aryl methyl sites for hydroxylation is 1. The highest BCUT2D eigenvalue weighted by Gasteiger charge is 2.12. The average Bonchev–Trinajstić information content (AvgIpc) is 2.39. The molecule has 19 heavy (non-hydrogen) atoms. The highest BCUT2D eigenvalue weighted by Crippen LogP contribution is 2.21. The van der Waals surface area contributed by atoms with E-state index in [1.165, 1.54) is 17.7 Å². The molecule has 2 N–H and O–H groups in total. The summed E-state index contributed by atoms with van der Waals surface area (Å²) < 4.78 is 0. The second-order valence-electron chi connectivity index (χ2n) is 4.01. The molecule has 4 nitrogen and oxygen atoms in total. The molecule has 1 aromatic heterocycles. The molecule has 0 radical (unpaired) electrons. The van der Waals surface area contributed by atoms with Crippen molar-refractivity contribution >= 4 is 29.1 Å². The SMILES string of the molecule is CCc1ccc(Nc2nc(Cl)ccc2C(=O)O)cc1. The zero-order chi connectivity index (χ0) is 13.8. The number of hydrogen-bond acceptors (Lipinski definition) is 3. The lowest BCUT2D eigenvalue weighted by Gasteiger charge is -2.09. The fraction of sp³-hybridized carbons (Fsp3) is 0.143. The van der Waals surface area contributed by atoms with Crippen LogP contribution in [0.3, 0.4) is 0 Å². The highest BCUT2D eigenvalue weighted by atomic mass is 35.5. The van der Waals surface area contributed by atoms with E-state index >= 15 is 0 Å². The predicted molar refractivity (Wildman–Crippen MR) is 75.3 cm³/mol. The average molecular weight is 277 g/mol. The number of carboxylic acids is 1. The summed E-state index contributed by atoms with van der Waals surface area (Å²) >= 11 is 5.79. The number of aromatic carboxylic acids is 1. The molecule has 0 saturated carbocycles. The van der Waals surface area contributed by atoms with Crippen molar-refractivity contribution < 1.29 is 9.90 Å². The normalized spacial score (nSPS) is 10.2. The van der Waals surface area contributed by atoms with Crippen molar-refractivity contribution in [3.05, 3.63) is 52.7 Å². The minimum atomic E-state index is -1.04. The molecule has 0 unspecified atom stereocenters. The number of rotatable bonds is 4. The van der Waals surface area contributed by atoms with E-state index in [9.17, 15) is 4.79 Å². The van der Waals surface area contributed by atoms with Gasteiger partial charge < -0.3 is 10.4 Å². The van der Waals surface area contributed by atoms with E-state index in [4.69, 9.17) is 16.7 Å². The summed E-state index contributed by atoms with van der Waals surface area (Å²) in [6, 6.07) is 10.6. The van der Waals surface area contributed by atoms with Crippen molar-refractivity contribution in [2.24, 2.45) is 0 Å². The van der Waals surface area contributed by atoms with Gasteiger partial charge in [-0.25, -0.2) is 9.78 Å². The second-order valence-corrected chi connectivity index (χ2v) is 4.40. The van der Waals surface area contributed by atoms with E-state index in [0.717, 1.165) is 12.1 Å². The van der Waals surface area contributed by atoms with Crippen LogP contribution in [0.25, 0.3) is 0 Å². The highest BCUT2D eigenvalue weighted by molar-refractivity contribution is 6.29. The summed E-state index contributed by atoms with van der Waals surface area (Å²) in [4.78, 5) is 15.1. The number of nitrogens with zero attached hydrogens (tertiary/aromatic N) is 1. The molecule has 0 aliphatic rings. The van der Waals surface area contributed by atoms with Crippen LogP contribution in [0.4, 0.5) is 11.5 Å². The third-order valence-corrected chi connectivity index (χ3v) is 2.93. The van der Waals surface area contributed by atoms with Crippen LogP contribution in [0.15, 0.2) is 36.4 Å². The molecular weight excluding hydrogens is 264 g/mol. The lowest BCUT2D eigenvalue weighted by molar-refractivity contribution is 0.0697. The molecule has 1 heterocycles. The summed E-state index contributed by atoms with van der Waals surface area (Å²) in [5, 5.41) is 12.3. The molecule has 0 fully saturated rings. The van der Waals surface area contributed by atoms with Crippen LogP contribution in [-0.4, -0.2) is 16.1 Å². The Kier molecular flexibility index (Phi) is 4.02. The van der Waals surface area contributed by atoms with E-state index in [0.29, 0.717) is 0 Å². The fourth-order valence-corrected chi connectivity index (χ4v) is 1.81. The monoisotopic (exact) mass is 276 g/mol. The summed E-state index contributed by atoms with van der Waals surface area (Å²) in [6.07, 6.45) is 0.954. The summed E-state index contributed by atoms with van der Waals surface area (Å²) in [5.74, 6) is -0.805. The number of pyridine rings is 1. The molecular formula is C14H13ClN2O2. The number of benzene rings is 1. The Balaban J connectivity index is 2.31. The van der Waals surface area contributed by atoms with Crippen molar-refractivity contribution in [1.82, 2.24) is 4.98 Å². The lowest BCUT2D eigenvalue weighted by Crippen LogP contribution is -2.05. The summed E-state index contributed by atoms with van der Waals surface area (Å²) in [6.45, 7) is 2.07. The Morgan fingerprint density at radius 1 is 1.26 bits per heavy atom. The Hall–Kier alpha value is -2.07. The van der Waals surface area contributed by atoms with Gasteiger partial charge in [0, 0.05) is 5.69 Å². The van der Waals surface area contributed by atoms with Gasteiger partial charge in [-0.2, -0.15) is 0 Å². The van der Waals surface area contributed by atoms with Gasteiger partial charge in [-0.15, -0.1) is 0 Å². The van der Waals surface area contributed by atoms with E-state index in [1.807, 2.05) is 24.3 Å². The van der Waals surface area contributed by atoms with Crippen LogP contribution in [-0.2, 0) is 6.42 Å². The van der Waals surface area contributed by atoms with Crippen molar-refractivity contribution in [2.45, 2.75) is 13.3 Å². The van der Waals surface area contributed by atoms with Crippen LogP contribution in [0.2, 0.25) is 5.15 Å². The third-order valence-electron chi connectivity index (χ3n) is 2.72. The van der Waals surface area contributed by atoms with Crippen LogP contribution < -0.4 is 5.32 Å². The van der Waals surface area contributed by atoms with Crippen LogP contribution >= 0.6 is 11.6 Å². The van der Waals surface area contributed by atoms with Crippen LogP contribution in [0, 0.1) is 0 Å². The molecule has 5 heteroatoms. The van der Waals surface area contributed by atoms with Gasteiger partial charge in [-0.3, -0.25) is 0 Å². The van der Waals surface area contributed by atoms with E-state index in [2.05, 4.69) is 17.2 Å². The van der Waals surface area contributed by atoms with Gasteiger partial charge in [0.05, 0.1) is 0 Å². The summed E-state index contributed by atoms with van der Waals surface area (Å²) in [5.41, 5.74) is 2.07. The maximum atomic E-state index is 11.1. The standard InChI is InChI=1S/C14H13ClN2O2/c1-2-9-3-5-10(6-4-9)16-13-11(14(18)19)7-8-12(15)17-13/h3-8H,2H2,1H3,(H,16,17)(H,18,19). The van der Waals surface area contributed by atoms with E-state index in [1.54, 1.807) is 0 Å². The van der Waals surface area contributed by atoms with Crippen molar-refractivity contribution in [1.29, 1.82) is 0 Å². The Morgan fingerprint density at radius 3 is 2.53 bits per heavy atom. The van der Waals surface area contributed by atoms with Gasteiger partial charge in [0.25, 0.3) is 0 Å². The molecule has 98 valence electrons. The predicted octanol–water partition coefficient (Wildman–Crippen LogP) is 3.74. The molecule has 0 atom stereocenters. The number of hydrogen-bond donors (Lipinski definition) is 2. The number of carboxylic acid groups (broad SMARTS) is 1. The maximum Gasteiger partial charge on any atom is 0.339 e. The maximum absolute atomic E-state index is 11.1. The number of carbonyl (C=O) groups is 1. The topological polar surface area (TPSA) is 62.2 Å². The van der Waals surface area contributed by atoms with Crippen molar-refractivity contribution in [2.75, 3.05) is 5.32 Å². The molecule has 1 aromatic carbocycles. The van der Waals surface area contributed by atoms with E-state index < -0.39 is 5.97 Å². The Labute approximate surface area is 116 Å². The van der Waals surface area contributed by atoms with Crippen molar-refractivity contribution in [3.63, 3.8) is 0 Å². The first kappa shape index (κ1) is 13.4. The quantitative estimate of drug-likeness (QED) is 0.835. The Bertz CT molecular complexity index is 597. The first-order valence-electron chi connectivity index (χ1n) is 5.86. The molecule has 2 aromatic rings. The van der Waals surface area contributed by atoms with E-state index in [-0.39, 0.29) is 16.5 Å². The first-order valence-corrected chi connectivity index (χ1v) is 6.23.